The van der Waals surface area contributed by atoms with Gasteiger partial charge in [0, 0.05) is 56.0 Å². The first-order chi connectivity index (χ1) is 15.6. The number of aromatic nitrogens is 1. The molecule has 0 spiro atoms. The fraction of sp³-hybridized carbons (Fsp3) is 0.480. The second-order valence-corrected chi connectivity index (χ2v) is 8.16. The molecule has 3 rings (SSSR count). The summed E-state index contributed by atoms with van der Waals surface area (Å²) in [5.41, 5.74) is 1.85. The second kappa shape index (κ2) is 12.1. The van der Waals surface area contributed by atoms with Crippen molar-refractivity contribution in [3.63, 3.8) is 0 Å². The third-order valence-corrected chi connectivity index (χ3v) is 5.94. The highest BCUT2D eigenvalue weighted by molar-refractivity contribution is 5.77. The van der Waals surface area contributed by atoms with Crippen LogP contribution in [-0.2, 0) is 22.6 Å². The van der Waals surface area contributed by atoms with E-state index >= 15 is 0 Å². The van der Waals surface area contributed by atoms with Crippen molar-refractivity contribution in [2.24, 2.45) is 5.92 Å². The van der Waals surface area contributed by atoms with E-state index in [1.54, 1.807) is 20.4 Å². The molecule has 0 saturated carbocycles. The maximum Gasteiger partial charge on any atom is 0.222 e. The number of hydrogen-bond acceptors (Lipinski definition) is 5. The number of carbonyl (C=O) groups is 2. The molecule has 1 aliphatic rings. The van der Waals surface area contributed by atoms with Crippen LogP contribution in [0, 0.1) is 5.92 Å². The van der Waals surface area contributed by atoms with Gasteiger partial charge in [0.1, 0.15) is 11.5 Å². The van der Waals surface area contributed by atoms with Crippen LogP contribution in [0.4, 0.5) is 0 Å². The summed E-state index contributed by atoms with van der Waals surface area (Å²) in [6, 6.07) is 11.3. The zero-order chi connectivity index (χ0) is 22.8. The number of methoxy groups -OCH3 is 2. The van der Waals surface area contributed by atoms with E-state index in [0.29, 0.717) is 43.2 Å². The van der Waals surface area contributed by atoms with Crippen LogP contribution in [0.25, 0.3) is 0 Å². The summed E-state index contributed by atoms with van der Waals surface area (Å²) in [5.74, 6) is 1.96. The molecule has 32 heavy (non-hydrogen) atoms. The number of ether oxygens (including phenoxy) is 2. The van der Waals surface area contributed by atoms with Crippen molar-refractivity contribution >= 4 is 11.8 Å². The minimum absolute atomic E-state index is 0.0153. The molecule has 172 valence electrons. The maximum atomic E-state index is 12.6. The summed E-state index contributed by atoms with van der Waals surface area (Å²) in [4.78, 5) is 31.3. The summed E-state index contributed by atoms with van der Waals surface area (Å²) in [6.07, 6.45) is 6.20. The molecule has 2 amide bonds. The predicted octanol–water partition coefficient (Wildman–Crippen LogP) is 3.37. The number of nitrogens with one attached hydrogen (secondary N) is 1. The number of pyridine rings is 1. The monoisotopic (exact) mass is 439 g/mol. The van der Waals surface area contributed by atoms with Gasteiger partial charge in [0.2, 0.25) is 11.8 Å². The van der Waals surface area contributed by atoms with Crippen molar-refractivity contribution in [1.82, 2.24) is 15.2 Å². The van der Waals surface area contributed by atoms with Gasteiger partial charge in [-0.2, -0.15) is 0 Å². The standard InChI is InChI=1S/C25H33N3O4/c1-31-22-11-9-20(23(16-22)32-2)17-27-24(29)12-8-19-6-5-15-28(18-19)25(30)13-10-21-7-3-4-14-26-21/h3-4,7,9,11,14,16,19H,5-6,8,10,12-13,15,17-18H2,1-2H3,(H,27,29). The van der Waals surface area contributed by atoms with Gasteiger partial charge in [0.05, 0.1) is 14.2 Å². The minimum atomic E-state index is 0.0153. The average Bonchev–Trinajstić information content (AvgIpc) is 2.85. The molecule has 1 aromatic heterocycles. The quantitative estimate of drug-likeness (QED) is 0.614. The van der Waals surface area contributed by atoms with E-state index < -0.39 is 0 Å². The summed E-state index contributed by atoms with van der Waals surface area (Å²) >= 11 is 0. The Hall–Kier alpha value is -3.09. The lowest BCUT2D eigenvalue weighted by molar-refractivity contribution is -0.133. The minimum Gasteiger partial charge on any atom is -0.497 e. The summed E-state index contributed by atoms with van der Waals surface area (Å²) in [7, 11) is 3.21. The Morgan fingerprint density at radius 3 is 2.78 bits per heavy atom. The van der Waals surface area contributed by atoms with E-state index in [1.807, 2.05) is 41.3 Å². The molecule has 0 radical (unpaired) electrons. The normalized spacial score (nSPS) is 15.8. The largest absolute Gasteiger partial charge is 0.497 e. The predicted molar refractivity (Wildman–Crippen MR) is 122 cm³/mol. The van der Waals surface area contributed by atoms with Crippen LogP contribution < -0.4 is 14.8 Å². The van der Waals surface area contributed by atoms with Gasteiger partial charge >= 0.3 is 0 Å². The van der Waals surface area contributed by atoms with Crippen molar-refractivity contribution in [2.45, 2.75) is 45.1 Å². The van der Waals surface area contributed by atoms with Crippen LogP contribution in [0.3, 0.4) is 0 Å². The molecule has 1 atom stereocenters. The van der Waals surface area contributed by atoms with Gasteiger partial charge in [-0.15, -0.1) is 0 Å². The molecule has 2 aromatic rings. The van der Waals surface area contributed by atoms with E-state index in [0.717, 1.165) is 43.6 Å². The van der Waals surface area contributed by atoms with Crippen LogP contribution in [0.15, 0.2) is 42.6 Å². The smallest absolute Gasteiger partial charge is 0.222 e. The Morgan fingerprint density at radius 1 is 1.16 bits per heavy atom. The van der Waals surface area contributed by atoms with Crippen molar-refractivity contribution in [2.75, 3.05) is 27.3 Å². The molecule has 2 heterocycles. The molecule has 1 fully saturated rings. The third-order valence-electron chi connectivity index (χ3n) is 5.94. The number of rotatable bonds is 10. The number of likely N-dealkylation sites (tertiary alicyclic amines) is 1. The summed E-state index contributed by atoms with van der Waals surface area (Å²) < 4.78 is 10.6. The molecular weight excluding hydrogens is 406 g/mol. The number of hydrogen-bond donors (Lipinski definition) is 1. The molecule has 1 saturated heterocycles. The van der Waals surface area contributed by atoms with Crippen molar-refractivity contribution < 1.29 is 19.1 Å². The number of amides is 2. The third kappa shape index (κ3) is 6.97. The molecule has 0 aliphatic carbocycles. The van der Waals surface area contributed by atoms with Crippen LogP contribution in [0.1, 0.15) is 43.4 Å². The van der Waals surface area contributed by atoms with E-state index in [9.17, 15) is 9.59 Å². The Balaban J connectivity index is 1.40. The lowest BCUT2D eigenvalue weighted by atomic mass is 9.93. The number of carbonyl (C=O) groups excluding carboxylic acids is 2. The number of piperidine rings is 1. The zero-order valence-corrected chi connectivity index (χ0v) is 19.0. The second-order valence-electron chi connectivity index (χ2n) is 8.16. The summed E-state index contributed by atoms with van der Waals surface area (Å²) in [6.45, 7) is 1.95. The van der Waals surface area contributed by atoms with E-state index in [-0.39, 0.29) is 11.8 Å². The fourth-order valence-corrected chi connectivity index (χ4v) is 4.08. The van der Waals surface area contributed by atoms with Gasteiger partial charge in [-0.25, -0.2) is 0 Å². The molecule has 7 nitrogen and oxygen atoms in total. The number of aryl methyl sites for hydroxylation is 1. The highest BCUT2D eigenvalue weighted by Crippen LogP contribution is 2.25. The van der Waals surface area contributed by atoms with Gasteiger partial charge in [0.15, 0.2) is 0 Å². The van der Waals surface area contributed by atoms with E-state index in [1.165, 1.54) is 0 Å². The van der Waals surface area contributed by atoms with Gasteiger partial charge in [-0.1, -0.05) is 6.07 Å². The van der Waals surface area contributed by atoms with Crippen LogP contribution in [0.5, 0.6) is 11.5 Å². The molecule has 1 aliphatic heterocycles. The van der Waals surface area contributed by atoms with E-state index in [4.69, 9.17) is 9.47 Å². The SMILES string of the molecule is COc1ccc(CNC(=O)CCC2CCCN(C(=O)CCc3ccccn3)C2)c(OC)c1. The van der Waals surface area contributed by atoms with Crippen molar-refractivity contribution in [3.8, 4) is 11.5 Å². The highest BCUT2D eigenvalue weighted by Gasteiger charge is 2.24. The number of nitrogens with zero attached hydrogens (tertiary/aromatic N) is 2. The topological polar surface area (TPSA) is 80.8 Å². The Kier molecular flexibility index (Phi) is 8.90. The summed E-state index contributed by atoms with van der Waals surface area (Å²) in [5, 5.41) is 2.98. The lowest BCUT2D eigenvalue weighted by Gasteiger charge is -2.33. The molecule has 0 bridgehead atoms. The van der Waals surface area contributed by atoms with Gasteiger partial charge in [0.25, 0.3) is 0 Å². The Labute approximate surface area is 190 Å². The molecule has 1 N–H and O–H groups in total. The molecule has 7 heteroatoms. The van der Waals surface area contributed by atoms with Gasteiger partial charge < -0.3 is 19.7 Å². The van der Waals surface area contributed by atoms with Crippen molar-refractivity contribution in [3.05, 3.63) is 53.9 Å². The Bertz CT molecular complexity index is 888. The van der Waals surface area contributed by atoms with Crippen LogP contribution in [-0.4, -0.2) is 49.0 Å². The van der Waals surface area contributed by atoms with Crippen LogP contribution >= 0.6 is 0 Å². The molecule has 1 aromatic carbocycles. The van der Waals surface area contributed by atoms with E-state index in [2.05, 4.69) is 10.3 Å². The zero-order valence-electron chi connectivity index (χ0n) is 19.0. The highest BCUT2D eigenvalue weighted by atomic mass is 16.5. The first-order valence-corrected chi connectivity index (χ1v) is 11.2. The average molecular weight is 440 g/mol. The van der Waals surface area contributed by atoms with Gasteiger partial charge in [-0.3, -0.25) is 14.6 Å². The molecule has 1 unspecified atom stereocenters. The lowest BCUT2D eigenvalue weighted by Crippen LogP contribution is -2.40. The maximum absolute atomic E-state index is 12.6. The fourth-order valence-electron chi connectivity index (χ4n) is 4.08. The van der Waals surface area contributed by atoms with Crippen LogP contribution in [0.2, 0.25) is 0 Å². The van der Waals surface area contributed by atoms with Crippen molar-refractivity contribution in [1.29, 1.82) is 0 Å². The molecular formula is C25H33N3O4. The first kappa shape index (κ1) is 23.6. The Morgan fingerprint density at radius 2 is 2.03 bits per heavy atom. The number of benzene rings is 1. The first-order valence-electron chi connectivity index (χ1n) is 11.2. The van der Waals surface area contributed by atoms with Gasteiger partial charge in [-0.05, 0) is 55.9 Å².